The second-order valence-corrected chi connectivity index (χ2v) is 5.46. The zero-order chi connectivity index (χ0) is 12.0. The molecule has 1 unspecified atom stereocenters. The zero-order valence-electron chi connectivity index (χ0n) is 9.54. The Hall–Kier alpha value is -0.900. The third-order valence-electron chi connectivity index (χ3n) is 2.28. The van der Waals surface area contributed by atoms with Crippen molar-refractivity contribution in [1.82, 2.24) is 0 Å². The Kier molecular flexibility index (Phi) is 5.46. The summed E-state index contributed by atoms with van der Waals surface area (Å²) in [4.78, 5) is 0. The number of unbranched alkanes of at least 4 members (excludes halogenated alkanes) is 2. The van der Waals surface area contributed by atoms with Crippen molar-refractivity contribution in [2.24, 2.45) is 0 Å². The molecule has 1 rings (SSSR count). The van der Waals surface area contributed by atoms with Crippen LogP contribution >= 0.6 is 0 Å². The molecule has 0 bridgehead atoms. The molecular formula is C12H18FNOS. The molecule has 2 N–H and O–H groups in total. The van der Waals surface area contributed by atoms with Crippen LogP contribution in [-0.2, 0) is 16.6 Å². The molecule has 1 aromatic carbocycles. The summed E-state index contributed by atoms with van der Waals surface area (Å²) in [6, 6.07) is 4.35. The van der Waals surface area contributed by atoms with E-state index in [-0.39, 0.29) is 5.82 Å². The molecule has 0 aliphatic rings. The quantitative estimate of drug-likeness (QED) is 0.616. The van der Waals surface area contributed by atoms with E-state index in [2.05, 4.69) is 6.92 Å². The lowest BCUT2D eigenvalue weighted by molar-refractivity contribution is 0.627. The van der Waals surface area contributed by atoms with E-state index < -0.39 is 10.8 Å². The molecule has 0 saturated carbocycles. The normalized spacial score (nSPS) is 12.6. The topological polar surface area (TPSA) is 43.1 Å². The van der Waals surface area contributed by atoms with E-state index in [0.29, 0.717) is 22.8 Å². The summed E-state index contributed by atoms with van der Waals surface area (Å²) in [6.07, 6.45) is 3.18. The second-order valence-electron chi connectivity index (χ2n) is 3.89. The lowest BCUT2D eigenvalue weighted by Crippen LogP contribution is -2.02. The van der Waals surface area contributed by atoms with Crippen molar-refractivity contribution in [1.29, 1.82) is 0 Å². The van der Waals surface area contributed by atoms with E-state index >= 15 is 0 Å². The molecule has 0 aliphatic heterocycles. The van der Waals surface area contributed by atoms with Gasteiger partial charge in [-0.3, -0.25) is 4.21 Å². The Morgan fingerprint density at radius 2 is 2.06 bits per heavy atom. The van der Waals surface area contributed by atoms with E-state index in [1.807, 2.05) is 0 Å². The maximum atomic E-state index is 13.0. The average molecular weight is 243 g/mol. The number of rotatable bonds is 6. The van der Waals surface area contributed by atoms with Crippen molar-refractivity contribution < 1.29 is 8.60 Å². The Labute approximate surface area is 98.5 Å². The predicted octanol–water partition coefficient (Wildman–Crippen LogP) is 2.85. The van der Waals surface area contributed by atoms with Gasteiger partial charge in [-0.25, -0.2) is 4.39 Å². The maximum absolute atomic E-state index is 13.0. The van der Waals surface area contributed by atoms with Crippen molar-refractivity contribution in [3.8, 4) is 0 Å². The summed E-state index contributed by atoms with van der Waals surface area (Å²) in [7, 11) is -0.911. The first kappa shape index (κ1) is 13.2. The number of anilines is 1. The molecule has 0 aromatic heterocycles. The van der Waals surface area contributed by atoms with Gasteiger partial charge in [0.1, 0.15) is 5.82 Å². The first-order chi connectivity index (χ1) is 7.61. The summed E-state index contributed by atoms with van der Waals surface area (Å²) < 4.78 is 24.7. The summed E-state index contributed by atoms with van der Waals surface area (Å²) in [5.41, 5.74) is 6.62. The van der Waals surface area contributed by atoms with Crippen LogP contribution in [0.4, 0.5) is 10.1 Å². The highest BCUT2D eigenvalue weighted by molar-refractivity contribution is 7.84. The molecule has 4 heteroatoms. The van der Waals surface area contributed by atoms with Crippen LogP contribution in [0, 0.1) is 5.82 Å². The van der Waals surface area contributed by atoms with Crippen molar-refractivity contribution in [2.45, 2.75) is 31.9 Å². The third kappa shape index (κ3) is 4.75. The molecule has 0 amide bonds. The predicted molar refractivity (Wildman–Crippen MR) is 67.1 cm³/mol. The molecule has 1 aromatic rings. The largest absolute Gasteiger partial charge is 0.399 e. The standard InChI is InChI=1S/C12H18FNOS/c1-2-3-4-5-16(15)9-10-6-11(13)8-12(14)7-10/h6-8H,2-5,9,14H2,1H3. The zero-order valence-corrected chi connectivity index (χ0v) is 10.4. The average Bonchev–Trinajstić information content (AvgIpc) is 2.16. The number of hydrogen-bond donors (Lipinski definition) is 1. The number of hydrogen-bond acceptors (Lipinski definition) is 2. The van der Waals surface area contributed by atoms with E-state index in [9.17, 15) is 8.60 Å². The van der Waals surface area contributed by atoms with Gasteiger partial charge in [0.25, 0.3) is 0 Å². The van der Waals surface area contributed by atoms with Gasteiger partial charge in [0.05, 0.1) is 0 Å². The van der Waals surface area contributed by atoms with E-state index in [0.717, 1.165) is 19.3 Å². The molecule has 0 heterocycles. The number of halogens is 1. The fraction of sp³-hybridized carbons (Fsp3) is 0.500. The minimum atomic E-state index is -0.911. The van der Waals surface area contributed by atoms with Crippen LogP contribution < -0.4 is 5.73 Å². The van der Waals surface area contributed by atoms with E-state index in [1.54, 1.807) is 6.07 Å². The molecule has 0 saturated heterocycles. The van der Waals surface area contributed by atoms with E-state index in [4.69, 9.17) is 5.73 Å². The monoisotopic (exact) mass is 243 g/mol. The Morgan fingerprint density at radius 3 is 2.69 bits per heavy atom. The van der Waals surface area contributed by atoms with Gasteiger partial charge >= 0.3 is 0 Å². The Morgan fingerprint density at radius 1 is 1.31 bits per heavy atom. The number of nitrogen functional groups attached to an aromatic ring is 1. The Balaban J connectivity index is 2.49. The first-order valence-electron chi connectivity index (χ1n) is 5.51. The van der Waals surface area contributed by atoms with E-state index in [1.165, 1.54) is 12.1 Å². The summed E-state index contributed by atoms with van der Waals surface area (Å²) >= 11 is 0. The maximum Gasteiger partial charge on any atom is 0.125 e. The molecule has 16 heavy (non-hydrogen) atoms. The fourth-order valence-electron chi connectivity index (χ4n) is 1.53. The van der Waals surface area contributed by atoms with Gasteiger partial charge in [-0.1, -0.05) is 19.8 Å². The Bertz CT molecular complexity index is 348. The minimum absolute atomic E-state index is 0.361. The highest BCUT2D eigenvalue weighted by Crippen LogP contribution is 2.13. The van der Waals surface area contributed by atoms with Crippen LogP contribution in [0.25, 0.3) is 0 Å². The lowest BCUT2D eigenvalue weighted by atomic mass is 10.2. The van der Waals surface area contributed by atoms with Crippen molar-refractivity contribution >= 4 is 16.5 Å². The molecule has 90 valence electrons. The summed E-state index contributed by atoms with van der Waals surface area (Å²) in [6.45, 7) is 2.11. The highest BCUT2D eigenvalue weighted by atomic mass is 32.2. The molecule has 1 atom stereocenters. The van der Waals surface area contributed by atoms with Crippen LogP contribution in [0.1, 0.15) is 31.7 Å². The van der Waals surface area contributed by atoms with Gasteiger partial charge in [-0.2, -0.15) is 0 Å². The van der Waals surface area contributed by atoms with Crippen LogP contribution in [-0.4, -0.2) is 9.96 Å². The molecule has 0 spiro atoms. The molecular weight excluding hydrogens is 225 g/mol. The molecule has 0 radical (unpaired) electrons. The van der Waals surface area contributed by atoms with Crippen LogP contribution in [0.2, 0.25) is 0 Å². The third-order valence-corrected chi connectivity index (χ3v) is 3.68. The molecule has 0 aliphatic carbocycles. The summed E-state index contributed by atoms with van der Waals surface area (Å²) in [5.74, 6) is 0.719. The van der Waals surface area contributed by atoms with Crippen molar-refractivity contribution in [2.75, 3.05) is 11.5 Å². The number of nitrogens with two attached hydrogens (primary N) is 1. The fourth-order valence-corrected chi connectivity index (χ4v) is 2.74. The SMILES string of the molecule is CCCCCS(=O)Cc1cc(N)cc(F)c1. The molecule has 2 nitrogen and oxygen atoms in total. The van der Waals surface area contributed by atoms with Gasteiger partial charge in [0.15, 0.2) is 0 Å². The number of benzene rings is 1. The minimum Gasteiger partial charge on any atom is -0.399 e. The van der Waals surface area contributed by atoms with Crippen LogP contribution in [0.15, 0.2) is 18.2 Å². The van der Waals surface area contributed by atoms with Crippen molar-refractivity contribution in [3.05, 3.63) is 29.6 Å². The first-order valence-corrected chi connectivity index (χ1v) is 7.00. The van der Waals surface area contributed by atoms with Gasteiger partial charge in [-0.05, 0) is 30.2 Å². The smallest absolute Gasteiger partial charge is 0.125 e. The van der Waals surface area contributed by atoms with Gasteiger partial charge in [-0.15, -0.1) is 0 Å². The van der Waals surface area contributed by atoms with Gasteiger partial charge < -0.3 is 5.73 Å². The molecule has 0 fully saturated rings. The summed E-state index contributed by atoms with van der Waals surface area (Å²) in [5, 5.41) is 0. The second kappa shape index (κ2) is 6.63. The lowest BCUT2D eigenvalue weighted by Gasteiger charge is -2.04. The van der Waals surface area contributed by atoms with Gasteiger partial charge in [0.2, 0.25) is 0 Å². The van der Waals surface area contributed by atoms with Crippen LogP contribution in [0.5, 0.6) is 0 Å². The van der Waals surface area contributed by atoms with Gasteiger partial charge in [0, 0.05) is 28.0 Å². The van der Waals surface area contributed by atoms with Crippen LogP contribution in [0.3, 0.4) is 0 Å². The highest BCUT2D eigenvalue weighted by Gasteiger charge is 2.04. The van der Waals surface area contributed by atoms with Crippen molar-refractivity contribution in [3.63, 3.8) is 0 Å².